The second-order valence-electron chi connectivity index (χ2n) is 2.93. The van der Waals surface area contributed by atoms with Crippen molar-refractivity contribution in [3.05, 3.63) is 24.3 Å². The largest absolute Gasteiger partial charge is 0.496 e. The van der Waals surface area contributed by atoms with Gasteiger partial charge in [-0.15, -0.1) is 0 Å². The van der Waals surface area contributed by atoms with Crippen LogP contribution in [0, 0.1) is 6.07 Å². The highest BCUT2D eigenvalue weighted by molar-refractivity contribution is 7.62. The van der Waals surface area contributed by atoms with E-state index in [0.29, 0.717) is 24.3 Å². The molecule has 1 radical (unpaired) electrons. The molecule has 5 heteroatoms. The van der Waals surface area contributed by atoms with E-state index < -0.39 is 7.60 Å². The summed E-state index contributed by atoms with van der Waals surface area (Å²) in [6.45, 7) is 4.17. The fraction of sp³-hybridized carbons (Fsp3) is 0.455. The minimum absolute atomic E-state index is 0.315. The van der Waals surface area contributed by atoms with Crippen molar-refractivity contribution in [2.45, 2.75) is 13.8 Å². The SMILES string of the molecule is CCOP(=O)(OCC)c1c[c]ccc1OC. The monoisotopic (exact) mass is 243 g/mol. The Morgan fingerprint density at radius 2 is 1.94 bits per heavy atom. The maximum Gasteiger partial charge on any atom is 0.365 e. The molecule has 0 saturated carbocycles. The van der Waals surface area contributed by atoms with Crippen molar-refractivity contribution in [2.24, 2.45) is 0 Å². The Labute approximate surface area is 96.1 Å². The normalized spacial score (nSPS) is 11.4. The molecule has 1 aromatic rings. The first-order valence-corrected chi connectivity index (χ1v) is 6.66. The molecule has 0 aliphatic carbocycles. The van der Waals surface area contributed by atoms with E-state index >= 15 is 0 Å². The van der Waals surface area contributed by atoms with Crippen LogP contribution < -0.4 is 10.0 Å². The lowest BCUT2D eigenvalue weighted by Crippen LogP contribution is -2.13. The third-order valence-corrected chi connectivity index (χ3v) is 4.05. The Kier molecular flexibility index (Phi) is 5.00. The van der Waals surface area contributed by atoms with Crippen molar-refractivity contribution in [3.63, 3.8) is 0 Å². The molecule has 0 N–H and O–H groups in total. The van der Waals surface area contributed by atoms with Gasteiger partial charge in [-0.1, -0.05) is 6.07 Å². The summed E-state index contributed by atoms with van der Waals surface area (Å²) in [5.41, 5.74) is 0. The summed E-state index contributed by atoms with van der Waals surface area (Å²) >= 11 is 0. The van der Waals surface area contributed by atoms with Crippen LogP contribution in [0.25, 0.3) is 0 Å². The van der Waals surface area contributed by atoms with Crippen molar-refractivity contribution in [1.82, 2.24) is 0 Å². The summed E-state index contributed by atoms with van der Waals surface area (Å²) in [7, 11) is -1.77. The zero-order valence-corrected chi connectivity index (χ0v) is 10.6. The highest BCUT2D eigenvalue weighted by Gasteiger charge is 2.29. The molecule has 0 aromatic heterocycles. The van der Waals surface area contributed by atoms with Gasteiger partial charge < -0.3 is 13.8 Å². The molecule has 16 heavy (non-hydrogen) atoms. The molecule has 4 nitrogen and oxygen atoms in total. The van der Waals surface area contributed by atoms with Crippen LogP contribution in [0.1, 0.15) is 13.8 Å². The van der Waals surface area contributed by atoms with Crippen LogP contribution >= 0.6 is 7.60 Å². The Balaban J connectivity index is 3.15. The molecule has 0 atom stereocenters. The summed E-state index contributed by atoms with van der Waals surface area (Å²) in [6.07, 6.45) is 0. The lowest BCUT2D eigenvalue weighted by molar-refractivity contribution is 0.229. The lowest BCUT2D eigenvalue weighted by atomic mass is 10.3. The molecule has 0 aliphatic rings. The molecule has 0 aliphatic heterocycles. The van der Waals surface area contributed by atoms with Crippen LogP contribution in [0.15, 0.2) is 18.2 Å². The lowest BCUT2D eigenvalue weighted by Gasteiger charge is -2.18. The smallest absolute Gasteiger partial charge is 0.365 e. The molecule has 0 bridgehead atoms. The highest BCUT2D eigenvalue weighted by atomic mass is 31.2. The predicted octanol–water partition coefficient (Wildman–Crippen LogP) is 2.39. The van der Waals surface area contributed by atoms with Crippen LogP contribution in [0.2, 0.25) is 0 Å². The quantitative estimate of drug-likeness (QED) is 0.719. The van der Waals surface area contributed by atoms with Crippen molar-refractivity contribution in [3.8, 4) is 5.75 Å². The summed E-state index contributed by atoms with van der Waals surface area (Å²) in [5.74, 6) is 0.490. The van der Waals surface area contributed by atoms with Crippen LogP contribution in [0.5, 0.6) is 5.75 Å². The molecular weight excluding hydrogens is 227 g/mol. The van der Waals surface area contributed by atoms with Gasteiger partial charge in [-0.25, -0.2) is 0 Å². The van der Waals surface area contributed by atoms with Gasteiger partial charge in [-0.05, 0) is 32.0 Å². The molecular formula is C11H16O4P. The first-order valence-electron chi connectivity index (χ1n) is 5.11. The molecule has 0 fully saturated rings. The Hall–Kier alpha value is -0.830. The Morgan fingerprint density at radius 1 is 1.31 bits per heavy atom. The van der Waals surface area contributed by atoms with Gasteiger partial charge in [0.1, 0.15) is 11.1 Å². The fourth-order valence-corrected chi connectivity index (χ4v) is 3.01. The molecule has 0 spiro atoms. The van der Waals surface area contributed by atoms with E-state index in [4.69, 9.17) is 13.8 Å². The number of rotatable bonds is 6. The Morgan fingerprint density at radius 3 is 2.44 bits per heavy atom. The van der Waals surface area contributed by atoms with E-state index in [9.17, 15) is 4.57 Å². The zero-order chi connectivity index (χ0) is 12.0. The van der Waals surface area contributed by atoms with E-state index in [-0.39, 0.29) is 0 Å². The standard InChI is InChI=1S/C11H16O4P/c1-4-14-16(12,15-5-2)11-9-7-6-8-10(11)13-3/h6,8-9H,4-5H2,1-3H3. The van der Waals surface area contributed by atoms with E-state index in [2.05, 4.69) is 6.07 Å². The average Bonchev–Trinajstić information content (AvgIpc) is 2.29. The fourth-order valence-electron chi connectivity index (χ4n) is 1.31. The molecule has 0 amide bonds. The van der Waals surface area contributed by atoms with Gasteiger partial charge in [0.15, 0.2) is 0 Å². The first kappa shape index (κ1) is 13.2. The number of benzene rings is 1. The van der Waals surface area contributed by atoms with E-state index in [0.717, 1.165) is 0 Å². The molecule has 0 heterocycles. The summed E-state index contributed by atoms with van der Waals surface area (Å²) < 4.78 is 28.0. The first-order chi connectivity index (χ1) is 7.68. The van der Waals surface area contributed by atoms with E-state index in [1.54, 1.807) is 32.0 Å². The second kappa shape index (κ2) is 6.04. The van der Waals surface area contributed by atoms with Gasteiger partial charge in [0.25, 0.3) is 0 Å². The third-order valence-electron chi connectivity index (χ3n) is 1.92. The number of hydrogen-bond acceptors (Lipinski definition) is 4. The third kappa shape index (κ3) is 2.85. The van der Waals surface area contributed by atoms with E-state index in [1.807, 2.05) is 0 Å². The molecule has 89 valence electrons. The second-order valence-corrected chi connectivity index (χ2v) is 4.92. The molecule has 0 unspecified atom stereocenters. The minimum Gasteiger partial charge on any atom is -0.496 e. The van der Waals surface area contributed by atoms with Gasteiger partial charge in [0.2, 0.25) is 0 Å². The van der Waals surface area contributed by atoms with Crippen LogP contribution in [-0.2, 0) is 13.6 Å². The van der Waals surface area contributed by atoms with Crippen molar-refractivity contribution < 1.29 is 18.3 Å². The topological polar surface area (TPSA) is 44.8 Å². The van der Waals surface area contributed by atoms with Gasteiger partial charge in [-0.2, -0.15) is 0 Å². The number of methoxy groups -OCH3 is 1. The van der Waals surface area contributed by atoms with Gasteiger partial charge in [0.05, 0.1) is 20.3 Å². The molecule has 1 rings (SSSR count). The van der Waals surface area contributed by atoms with Crippen LogP contribution in [0.3, 0.4) is 0 Å². The molecule has 0 saturated heterocycles. The number of hydrogen-bond donors (Lipinski definition) is 0. The maximum atomic E-state index is 12.5. The highest BCUT2D eigenvalue weighted by Crippen LogP contribution is 2.48. The average molecular weight is 243 g/mol. The van der Waals surface area contributed by atoms with Crippen molar-refractivity contribution >= 4 is 12.9 Å². The van der Waals surface area contributed by atoms with Gasteiger partial charge >= 0.3 is 7.60 Å². The van der Waals surface area contributed by atoms with E-state index in [1.165, 1.54) is 7.11 Å². The summed E-state index contributed by atoms with van der Waals surface area (Å²) in [4.78, 5) is 0. The summed E-state index contributed by atoms with van der Waals surface area (Å²) in [5, 5.41) is 0.418. The Bertz CT molecular complexity index is 368. The van der Waals surface area contributed by atoms with Crippen LogP contribution in [-0.4, -0.2) is 20.3 Å². The van der Waals surface area contributed by atoms with Gasteiger partial charge in [0, 0.05) is 0 Å². The van der Waals surface area contributed by atoms with Crippen molar-refractivity contribution in [1.29, 1.82) is 0 Å². The number of ether oxygens (including phenoxy) is 1. The zero-order valence-electron chi connectivity index (χ0n) is 9.73. The maximum absolute atomic E-state index is 12.5. The van der Waals surface area contributed by atoms with Crippen LogP contribution in [0.4, 0.5) is 0 Å². The summed E-state index contributed by atoms with van der Waals surface area (Å²) in [6, 6.07) is 7.79. The van der Waals surface area contributed by atoms with Gasteiger partial charge in [-0.3, -0.25) is 4.57 Å². The predicted molar refractivity (Wildman–Crippen MR) is 62.3 cm³/mol. The van der Waals surface area contributed by atoms with Crippen molar-refractivity contribution in [2.75, 3.05) is 20.3 Å². The molecule has 1 aromatic carbocycles. The minimum atomic E-state index is -3.28.